The Hall–Kier alpha value is -1.20. The molecule has 0 saturated carbocycles. The maximum absolute atomic E-state index is 10.7. The van der Waals surface area contributed by atoms with Crippen molar-refractivity contribution in [1.29, 1.82) is 0 Å². The number of benzene rings is 1. The molecule has 94 valence electrons. The van der Waals surface area contributed by atoms with Crippen LogP contribution in [0.15, 0.2) is 28.2 Å². The third-order valence-corrected chi connectivity index (χ3v) is 4.30. The van der Waals surface area contributed by atoms with Crippen molar-refractivity contribution in [2.45, 2.75) is 13.5 Å². The fraction of sp³-hybridized carbons (Fsp3) is 0.231. The number of thiazole rings is 1. The molecule has 0 N–H and O–H groups in total. The first-order valence-electron chi connectivity index (χ1n) is 5.46. The predicted octanol–water partition coefficient (Wildman–Crippen LogP) is 3.66. The highest BCUT2D eigenvalue weighted by Gasteiger charge is 2.09. The van der Waals surface area contributed by atoms with Crippen LogP contribution in [0.2, 0.25) is 0 Å². The quantitative estimate of drug-likeness (QED) is 0.804. The zero-order chi connectivity index (χ0) is 13.1. The second kappa shape index (κ2) is 5.63. The number of hydrogen-bond donors (Lipinski definition) is 0. The monoisotopic (exact) mass is 324 g/mol. The molecule has 0 atom stereocenters. The van der Waals surface area contributed by atoms with Crippen molar-refractivity contribution in [2.24, 2.45) is 0 Å². The van der Waals surface area contributed by atoms with Crippen molar-refractivity contribution in [3.63, 3.8) is 0 Å². The molecule has 5 heteroatoms. The number of halogens is 1. The number of anilines is 1. The van der Waals surface area contributed by atoms with E-state index < -0.39 is 0 Å². The van der Waals surface area contributed by atoms with Crippen LogP contribution in [0.3, 0.4) is 0 Å². The molecule has 18 heavy (non-hydrogen) atoms. The lowest BCUT2D eigenvalue weighted by atomic mass is 10.2. The molecule has 3 nitrogen and oxygen atoms in total. The Morgan fingerprint density at radius 3 is 2.83 bits per heavy atom. The second-order valence-electron chi connectivity index (χ2n) is 4.05. The number of aldehydes is 1. The molecule has 0 fully saturated rings. The van der Waals surface area contributed by atoms with Crippen molar-refractivity contribution >= 4 is 39.2 Å². The Morgan fingerprint density at radius 1 is 1.50 bits per heavy atom. The Balaban J connectivity index is 2.21. The fourth-order valence-corrected chi connectivity index (χ4v) is 3.21. The zero-order valence-electron chi connectivity index (χ0n) is 10.2. The predicted molar refractivity (Wildman–Crippen MR) is 78.5 cm³/mol. The van der Waals surface area contributed by atoms with Crippen LogP contribution in [-0.2, 0) is 6.54 Å². The molecule has 0 aliphatic heterocycles. The minimum atomic E-state index is 0.674. The summed E-state index contributed by atoms with van der Waals surface area (Å²) in [5.74, 6) is 0. The Labute approximate surface area is 119 Å². The molecule has 0 aliphatic carbocycles. The van der Waals surface area contributed by atoms with Gasteiger partial charge in [0.1, 0.15) is 6.29 Å². The first kappa shape index (κ1) is 13.2. The van der Waals surface area contributed by atoms with Crippen molar-refractivity contribution in [1.82, 2.24) is 4.98 Å². The van der Waals surface area contributed by atoms with Crippen LogP contribution >= 0.6 is 27.3 Å². The van der Waals surface area contributed by atoms with E-state index in [-0.39, 0.29) is 0 Å². The number of carbonyl (C=O) groups is 1. The average Bonchev–Trinajstić information content (AvgIpc) is 2.74. The lowest BCUT2D eigenvalue weighted by Crippen LogP contribution is -2.16. The van der Waals surface area contributed by atoms with E-state index in [1.165, 1.54) is 4.88 Å². The van der Waals surface area contributed by atoms with Gasteiger partial charge >= 0.3 is 0 Å². The summed E-state index contributed by atoms with van der Waals surface area (Å²) in [7, 11) is 2.03. The molecule has 0 aliphatic rings. The maximum atomic E-state index is 10.7. The van der Waals surface area contributed by atoms with E-state index in [1.54, 1.807) is 11.3 Å². The highest BCUT2D eigenvalue weighted by molar-refractivity contribution is 9.10. The van der Waals surface area contributed by atoms with E-state index >= 15 is 0 Å². The molecular formula is C13H13BrN2OS. The highest BCUT2D eigenvalue weighted by atomic mass is 79.9. The molecular weight excluding hydrogens is 312 g/mol. The first-order valence-corrected chi connectivity index (χ1v) is 7.14. The molecule has 0 saturated heterocycles. The summed E-state index contributed by atoms with van der Waals surface area (Å²) in [6.07, 6.45) is 0.849. The minimum absolute atomic E-state index is 0.674. The maximum Gasteiger partial charge on any atom is 0.150 e. The number of rotatable bonds is 4. The number of hydrogen-bond acceptors (Lipinski definition) is 4. The van der Waals surface area contributed by atoms with Gasteiger partial charge in [-0.2, -0.15) is 0 Å². The summed E-state index contributed by atoms with van der Waals surface area (Å²) in [4.78, 5) is 18.3. The number of aryl methyl sites for hydroxylation is 1. The molecule has 0 unspecified atom stereocenters. The van der Waals surface area contributed by atoms with E-state index in [4.69, 9.17) is 0 Å². The Morgan fingerprint density at radius 2 is 2.28 bits per heavy atom. The van der Waals surface area contributed by atoms with Crippen LogP contribution < -0.4 is 4.90 Å². The van der Waals surface area contributed by atoms with Gasteiger partial charge in [0, 0.05) is 22.0 Å². The average molecular weight is 325 g/mol. The zero-order valence-corrected chi connectivity index (χ0v) is 12.6. The topological polar surface area (TPSA) is 33.2 Å². The van der Waals surface area contributed by atoms with E-state index in [9.17, 15) is 4.79 Å². The normalized spacial score (nSPS) is 10.4. The molecule has 1 heterocycles. The molecule has 0 amide bonds. The van der Waals surface area contributed by atoms with Crippen molar-refractivity contribution in [3.05, 3.63) is 44.3 Å². The van der Waals surface area contributed by atoms with Crippen LogP contribution in [0.25, 0.3) is 0 Å². The third kappa shape index (κ3) is 2.79. The van der Waals surface area contributed by atoms with E-state index in [0.717, 1.165) is 28.7 Å². The number of nitrogens with zero attached hydrogens (tertiary/aromatic N) is 2. The van der Waals surface area contributed by atoms with Gasteiger partial charge in [-0.1, -0.05) is 0 Å². The summed E-state index contributed by atoms with van der Waals surface area (Å²) in [5, 5.41) is 0. The standard InChI is InChI=1S/C13H13BrN2OS/c1-9-13(18-8-15-9)6-16(2)12-4-3-10(7-17)5-11(12)14/h3-5,7-8H,6H2,1-2H3. The largest absolute Gasteiger partial charge is 0.368 e. The van der Waals surface area contributed by atoms with E-state index in [0.29, 0.717) is 5.56 Å². The van der Waals surface area contributed by atoms with Gasteiger partial charge in [0.15, 0.2) is 0 Å². The smallest absolute Gasteiger partial charge is 0.150 e. The van der Waals surface area contributed by atoms with Gasteiger partial charge in [-0.05, 0) is 41.1 Å². The molecule has 2 rings (SSSR count). The van der Waals surface area contributed by atoms with E-state index in [1.807, 2.05) is 37.7 Å². The van der Waals surface area contributed by atoms with Gasteiger partial charge in [0.2, 0.25) is 0 Å². The van der Waals surface area contributed by atoms with Gasteiger partial charge in [-0.15, -0.1) is 11.3 Å². The minimum Gasteiger partial charge on any atom is -0.368 e. The summed E-state index contributed by atoms with van der Waals surface area (Å²) < 4.78 is 0.928. The first-order chi connectivity index (χ1) is 8.61. The number of carbonyl (C=O) groups excluding carboxylic acids is 1. The lowest BCUT2D eigenvalue weighted by Gasteiger charge is -2.20. The lowest BCUT2D eigenvalue weighted by molar-refractivity contribution is 0.112. The van der Waals surface area contributed by atoms with Crippen LogP contribution in [0.5, 0.6) is 0 Å². The summed E-state index contributed by atoms with van der Waals surface area (Å²) in [6.45, 7) is 2.83. The van der Waals surface area contributed by atoms with Gasteiger partial charge < -0.3 is 4.90 Å². The fourth-order valence-electron chi connectivity index (χ4n) is 1.68. The van der Waals surface area contributed by atoms with Crippen molar-refractivity contribution in [3.8, 4) is 0 Å². The Bertz CT molecular complexity index is 568. The number of aromatic nitrogens is 1. The molecule has 2 aromatic rings. The molecule has 0 radical (unpaired) electrons. The van der Waals surface area contributed by atoms with Crippen molar-refractivity contribution < 1.29 is 4.79 Å². The van der Waals surface area contributed by atoms with Crippen LogP contribution in [0.1, 0.15) is 20.9 Å². The third-order valence-electron chi connectivity index (χ3n) is 2.74. The Kier molecular flexibility index (Phi) is 4.14. The molecule has 1 aromatic heterocycles. The van der Waals surface area contributed by atoms with Crippen molar-refractivity contribution in [2.75, 3.05) is 11.9 Å². The van der Waals surface area contributed by atoms with Crippen LogP contribution in [0.4, 0.5) is 5.69 Å². The summed E-state index contributed by atoms with van der Waals surface area (Å²) in [6, 6.07) is 5.60. The summed E-state index contributed by atoms with van der Waals surface area (Å²) in [5.41, 5.74) is 4.68. The van der Waals surface area contributed by atoms with Gasteiger partial charge in [0.05, 0.1) is 23.4 Å². The summed E-state index contributed by atoms with van der Waals surface area (Å²) >= 11 is 5.16. The van der Waals surface area contributed by atoms with Gasteiger partial charge in [-0.3, -0.25) is 4.79 Å². The molecule has 0 spiro atoms. The van der Waals surface area contributed by atoms with Crippen LogP contribution in [-0.4, -0.2) is 18.3 Å². The highest BCUT2D eigenvalue weighted by Crippen LogP contribution is 2.28. The molecule has 0 bridgehead atoms. The van der Waals surface area contributed by atoms with Gasteiger partial charge in [0.25, 0.3) is 0 Å². The van der Waals surface area contributed by atoms with E-state index in [2.05, 4.69) is 25.8 Å². The SMILES string of the molecule is Cc1ncsc1CN(C)c1ccc(C=O)cc1Br. The van der Waals surface area contributed by atoms with Gasteiger partial charge in [-0.25, -0.2) is 4.98 Å². The second-order valence-corrected chi connectivity index (χ2v) is 5.84. The molecule has 1 aromatic carbocycles. The van der Waals surface area contributed by atoms with Crippen LogP contribution in [0, 0.1) is 6.92 Å².